The van der Waals surface area contributed by atoms with Crippen LogP contribution >= 0.6 is 46.4 Å². The van der Waals surface area contributed by atoms with Crippen LogP contribution in [0.5, 0.6) is 0 Å². The largest absolute Gasteiger partial charge is 0.337 e. The van der Waals surface area contributed by atoms with Gasteiger partial charge in [0.1, 0.15) is 20.6 Å². The zero-order valence-electron chi connectivity index (χ0n) is 11.0. The molecule has 0 unspecified atom stereocenters. The van der Waals surface area contributed by atoms with Crippen LogP contribution in [0.4, 0.5) is 10.5 Å². The van der Waals surface area contributed by atoms with Gasteiger partial charge >= 0.3 is 6.03 Å². The number of pyridine rings is 2. The van der Waals surface area contributed by atoms with Crippen molar-refractivity contribution in [2.45, 2.75) is 0 Å². The Labute approximate surface area is 150 Å². The van der Waals surface area contributed by atoms with E-state index in [9.17, 15) is 9.59 Å². The van der Waals surface area contributed by atoms with Crippen molar-refractivity contribution < 1.29 is 9.59 Å². The predicted octanol–water partition coefficient (Wildman–Crippen LogP) is 3.56. The highest BCUT2D eigenvalue weighted by Crippen LogP contribution is 2.18. The molecule has 7 nitrogen and oxygen atoms in total. The molecule has 2 rings (SSSR count). The predicted molar refractivity (Wildman–Crippen MR) is 88.1 cm³/mol. The Hall–Kier alpha value is -1.80. The topological polar surface area (TPSA) is 96.0 Å². The van der Waals surface area contributed by atoms with E-state index in [1.165, 1.54) is 24.3 Å². The van der Waals surface area contributed by atoms with E-state index >= 15 is 0 Å². The number of carbonyl (C=O) groups excluding carboxylic acids is 2. The molecule has 0 aromatic carbocycles. The fourth-order valence-electron chi connectivity index (χ4n) is 1.48. The number of nitrogens with zero attached hydrogens (tertiary/aromatic N) is 2. The van der Waals surface area contributed by atoms with Gasteiger partial charge in [-0.3, -0.25) is 10.2 Å². The summed E-state index contributed by atoms with van der Waals surface area (Å²) in [6.45, 7) is 0. The standard InChI is InChI=1S/C12H7Cl4N5O2/c13-7-1-5(2-8(14)18-7)11(22)20-21-12(23)17-6-3-9(15)19-10(16)4-6/h1-4H,(H,20,22)(H2,17,19,21,23). The van der Waals surface area contributed by atoms with E-state index in [4.69, 9.17) is 46.4 Å². The van der Waals surface area contributed by atoms with Crippen LogP contribution in [0.15, 0.2) is 24.3 Å². The molecule has 0 aliphatic carbocycles. The van der Waals surface area contributed by atoms with Crippen LogP contribution in [-0.2, 0) is 0 Å². The number of halogens is 4. The number of rotatable bonds is 2. The number of hydrazine groups is 1. The van der Waals surface area contributed by atoms with Gasteiger partial charge in [-0.05, 0) is 24.3 Å². The number of nitrogens with one attached hydrogen (secondary N) is 3. The first kappa shape index (κ1) is 17.6. The molecule has 23 heavy (non-hydrogen) atoms. The quantitative estimate of drug-likeness (QED) is 0.536. The Morgan fingerprint density at radius 2 is 1.26 bits per heavy atom. The molecule has 0 spiro atoms. The van der Waals surface area contributed by atoms with Gasteiger partial charge in [-0.1, -0.05) is 46.4 Å². The first-order chi connectivity index (χ1) is 10.8. The molecule has 120 valence electrons. The molecule has 0 radical (unpaired) electrons. The Morgan fingerprint density at radius 1 is 0.783 bits per heavy atom. The van der Waals surface area contributed by atoms with Crippen molar-refractivity contribution in [3.8, 4) is 0 Å². The molecule has 0 saturated carbocycles. The van der Waals surface area contributed by atoms with Crippen LogP contribution in [0.25, 0.3) is 0 Å². The van der Waals surface area contributed by atoms with Crippen molar-refractivity contribution in [1.29, 1.82) is 0 Å². The van der Waals surface area contributed by atoms with E-state index in [2.05, 4.69) is 26.1 Å². The minimum absolute atomic E-state index is 0.0492. The summed E-state index contributed by atoms with van der Waals surface area (Å²) in [6, 6.07) is 4.65. The van der Waals surface area contributed by atoms with Crippen LogP contribution < -0.4 is 16.2 Å². The van der Waals surface area contributed by atoms with Crippen LogP contribution in [0, 0.1) is 0 Å². The molecule has 0 aliphatic heterocycles. The molecule has 3 N–H and O–H groups in total. The summed E-state index contributed by atoms with van der Waals surface area (Å²) in [5, 5.41) is 2.73. The molecule has 0 saturated heterocycles. The lowest BCUT2D eigenvalue weighted by molar-refractivity contribution is 0.0938. The number of hydrogen-bond acceptors (Lipinski definition) is 4. The molecule has 0 atom stereocenters. The second-order valence-electron chi connectivity index (χ2n) is 4.04. The summed E-state index contributed by atoms with van der Waals surface area (Å²) < 4.78 is 0. The van der Waals surface area contributed by atoms with Crippen molar-refractivity contribution in [3.05, 3.63) is 50.4 Å². The highest BCUT2D eigenvalue weighted by Gasteiger charge is 2.10. The minimum Gasteiger partial charge on any atom is -0.306 e. The fraction of sp³-hybridized carbons (Fsp3) is 0. The van der Waals surface area contributed by atoms with E-state index in [0.29, 0.717) is 5.69 Å². The van der Waals surface area contributed by atoms with Crippen LogP contribution in [-0.4, -0.2) is 21.9 Å². The maximum atomic E-state index is 11.9. The lowest BCUT2D eigenvalue weighted by Gasteiger charge is -2.09. The molecule has 2 aromatic heterocycles. The Morgan fingerprint density at radius 3 is 1.78 bits per heavy atom. The highest BCUT2D eigenvalue weighted by molar-refractivity contribution is 6.33. The number of hydrogen-bond donors (Lipinski definition) is 3. The van der Waals surface area contributed by atoms with Crippen molar-refractivity contribution in [2.75, 3.05) is 5.32 Å². The van der Waals surface area contributed by atoms with E-state index in [1.54, 1.807) is 0 Å². The number of carbonyl (C=O) groups is 2. The van der Waals surface area contributed by atoms with Gasteiger partial charge in [0.25, 0.3) is 5.91 Å². The Bertz CT molecular complexity index is 731. The van der Waals surface area contributed by atoms with Gasteiger partial charge in [-0.25, -0.2) is 20.2 Å². The van der Waals surface area contributed by atoms with Crippen molar-refractivity contribution in [1.82, 2.24) is 20.8 Å². The van der Waals surface area contributed by atoms with E-state index < -0.39 is 11.9 Å². The summed E-state index contributed by atoms with van der Waals surface area (Å²) >= 11 is 22.8. The van der Waals surface area contributed by atoms with Gasteiger partial charge in [0.05, 0.1) is 0 Å². The highest BCUT2D eigenvalue weighted by atomic mass is 35.5. The maximum Gasteiger partial charge on any atom is 0.337 e. The molecule has 2 heterocycles. The third-order valence-electron chi connectivity index (χ3n) is 2.34. The molecule has 0 bridgehead atoms. The minimum atomic E-state index is -0.720. The maximum absolute atomic E-state index is 11.9. The van der Waals surface area contributed by atoms with Crippen LogP contribution in [0.1, 0.15) is 10.4 Å². The number of amides is 3. The summed E-state index contributed by atoms with van der Waals surface area (Å²) in [6.07, 6.45) is 0. The lowest BCUT2D eigenvalue weighted by atomic mass is 10.2. The van der Waals surface area contributed by atoms with Crippen molar-refractivity contribution in [2.24, 2.45) is 0 Å². The summed E-state index contributed by atoms with van der Waals surface area (Å²) in [5.41, 5.74) is 4.75. The molecule has 2 aromatic rings. The van der Waals surface area contributed by atoms with Gasteiger partial charge in [0.15, 0.2) is 0 Å². The third kappa shape index (κ3) is 5.40. The average Bonchev–Trinajstić information content (AvgIpc) is 2.42. The van der Waals surface area contributed by atoms with Crippen molar-refractivity contribution >= 4 is 64.0 Å². The van der Waals surface area contributed by atoms with Crippen LogP contribution in [0.2, 0.25) is 20.6 Å². The number of aromatic nitrogens is 2. The molecule has 11 heteroatoms. The van der Waals surface area contributed by atoms with E-state index in [0.717, 1.165) is 0 Å². The van der Waals surface area contributed by atoms with Crippen LogP contribution in [0.3, 0.4) is 0 Å². The molecular weight excluding hydrogens is 388 g/mol. The number of urea groups is 1. The van der Waals surface area contributed by atoms with Gasteiger partial charge in [0.2, 0.25) is 0 Å². The van der Waals surface area contributed by atoms with E-state index in [-0.39, 0.29) is 26.2 Å². The van der Waals surface area contributed by atoms with Gasteiger partial charge in [-0.15, -0.1) is 0 Å². The monoisotopic (exact) mass is 393 g/mol. The van der Waals surface area contributed by atoms with Gasteiger partial charge < -0.3 is 5.32 Å². The normalized spacial score (nSPS) is 10.1. The average molecular weight is 395 g/mol. The molecular formula is C12H7Cl4N5O2. The Kier molecular flexibility index (Phi) is 5.84. The zero-order valence-corrected chi connectivity index (χ0v) is 14.1. The second-order valence-corrected chi connectivity index (χ2v) is 5.58. The Balaban J connectivity index is 1.94. The molecule has 3 amide bonds. The summed E-state index contributed by atoms with van der Waals surface area (Å²) in [7, 11) is 0. The number of anilines is 1. The smallest absolute Gasteiger partial charge is 0.306 e. The second kappa shape index (κ2) is 7.65. The third-order valence-corrected chi connectivity index (χ3v) is 3.11. The first-order valence-corrected chi connectivity index (χ1v) is 7.38. The summed E-state index contributed by atoms with van der Waals surface area (Å²) in [5.74, 6) is -0.628. The van der Waals surface area contributed by atoms with Crippen molar-refractivity contribution in [3.63, 3.8) is 0 Å². The fourth-order valence-corrected chi connectivity index (χ4v) is 2.40. The summed E-state index contributed by atoms with van der Waals surface area (Å²) in [4.78, 5) is 31.0. The zero-order chi connectivity index (χ0) is 17.0. The van der Waals surface area contributed by atoms with Gasteiger partial charge in [0, 0.05) is 11.3 Å². The SMILES string of the molecule is O=C(NNC(=O)c1cc(Cl)nc(Cl)c1)Nc1cc(Cl)nc(Cl)c1. The molecule has 0 aliphatic rings. The molecule has 0 fully saturated rings. The first-order valence-electron chi connectivity index (χ1n) is 5.87. The lowest BCUT2D eigenvalue weighted by Crippen LogP contribution is -2.43. The van der Waals surface area contributed by atoms with E-state index in [1.807, 2.05) is 0 Å². The van der Waals surface area contributed by atoms with Gasteiger partial charge in [-0.2, -0.15) is 0 Å².